The smallest absolute Gasteiger partial charge is 0.253 e. The number of nitrogens with one attached hydrogen (secondary N) is 1. The standard InChI is InChI=1S/C19H19F2N3O/c1-19(2,10-13-4-5-15(20)9-16(13)21)23-18(25)14-8-12-6-7-24(3)17(12)22-11-14/h4-9,11H,10H2,1-3H3,(H,23,25). The summed E-state index contributed by atoms with van der Waals surface area (Å²) in [5, 5.41) is 3.76. The first-order valence-electron chi connectivity index (χ1n) is 7.93. The Morgan fingerprint density at radius 1 is 1.24 bits per heavy atom. The van der Waals surface area contributed by atoms with Crippen LogP contribution in [0, 0.1) is 11.6 Å². The maximum Gasteiger partial charge on any atom is 0.253 e. The lowest BCUT2D eigenvalue weighted by atomic mass is 9.94. The largest absolute Gasteiger partial charge is 0.347 e. The number of carbonyl (C=O) groups excluding carboxylic acids is 1. The Kier molecular flexibility index (Phi) is 4.29. The molecule has 2 heterocycles. The molecule has 0 fully saturated rings. The molecular weight excluding hydrogens is 324 g/mol. The molecule has 0 bridgehead atoms. The Bertz CT molecular complexity index is 947. The zero-order valence-electron chi connectivity index (χ0n) is 14.3. The number of amides is 1. The number of fused-ring (bicyclic) bond motifs is 1. The molecule has 1 amide bonds. The van der Waals surface area contributed by atoms with E-state index < -0.39 is 17.2 Å². The Labute approximate surface area is 144 Å². The monoisotopic (exact) mass is 343 g/mol. The summed E-state index contributed by atoms with van der Waals surface area (Å²) in [5.41, 5.74) is 0.875. The Balaban J connectivity index is 1.77. The SMILES string of the molecule is Cn1ccc2cc(C(=O)NC(C)(C)Cc3ccc(F)cc3F)cnc21. The van der Waals surface area contributed by atoms with Gasteiger partial charge in [0, 0.05) is 36.4 Å². The molecule has 0 saturated heterocycles. The van der Waals surface area contributed by atoms with Crippen molar-refractivity contribution in [2.45, 2.75) is 25.8 Å². The van der Waals surface area contributed by atoms with Crippen molar-refractivity contribution in [3.8, 4) is 0 Å². The fraction of sp³-hybridized carbons (Fsp3) is 0.263. The van der Waals surface area contributed by atoms with Crippen LogP contribution in [0.15, 0.2) is 42.7 Å². The van der Waals surface area contributed by atoms with Crippen molar-refractivity contribution in [2.75, 3.05) is 0 Å². The lowest BCUT2D eigenvalue weighted by Crippen LogP contribution is -2.45. The quantitative estimate of drug-likeness (QED) is 0.787. The van der Waals surface area contributed by atoms with E-state index in [-0.39, 0.29) is 12.3 Å². The number of aryl methyl sites for hydroxylation is 1. The minimum atomic E-state index is -0.707. The lowest BCUT2D eigenvalue weighted by molar-refractivity contribution is 0.0912. The van der Waals surface area contributed by atoms with Crippen LogP contribution in [-0.2, 0) is 13.5 Å². The first-order chi connectivity index (χ1) is 11.7. The van der Waals surface area contributed by atoms with Crippen LogP contribution in [0.25, 0.3) is 11.0 Å². The van der Waals surface area contributed by atoms with E-state index in [9.17, 15) is 13.6 Å². The Morgan fingerprint density at radius 3 is 2.72 bits per heavy atom. The van der Waals surface area contributed by atoms with Crippen LogP contribution in [0.4, 0.5) is 8.78 Å². The molecule has 0 aliphatic carbocycles. The summed E-state index contributed by atoms with van der Waals surface area (Å²) in [6.45, 7) is 3.59. The Morgan fingerprint density at radius 2 is 2.00 bits per heavy atom. The van der Waals surface area contributed by atoms with Crippen molar-refractivity contribution >= 4 is 16.9 Å². The van der Waals surface area contributed by atoms with Crippen LogP contribution in [0.3, 0.4) is 0 Å². The third-order valence-corrected chi connectivity index (χ3v) is 4.07. The van der Waals surface area contributed by atoms with E-state index in [1.165, 1.54) is 18.3 Å². The van der Waals surface area contributed by atoms with Crippen LogP contribution >= 0.6 is 0 Å². The third-order valence-electron chi connectivity index (χ3n) is 4.07. The molecule has 0 atom stereocenters. The van der Waals surface area contributed by atoms with E-state index in [1.807, 2.05) is 23.9 Å². The molecule has 0 radical (unpaired) electrons. The van der Waals surface area contributed by atoms with Gasteiger partial charge in [-0.15, -0.1) is 0 Å². The van der Waals surface area contributed by atoms with E-state index in [0.29, 0.717) is 11.1 Å². The minimum absolute atomic E-state index is 0.242. The van der Waals surface area contributed by atoms with Gasteiger partial charge in [0.05, 0.1) is 5.56 Å². The normalized spacial score (nSPS) is 11.7. The van der Waals surface area contributed by atoms with E-state index in [2.05, 4.69) is 10.3 Å². The zero-order chi connectivity index (χ0) is 18.2. The van der Waals surface area contributed by atoms with Crippen molar-refractivity contribution in [2.24, 2.45) is 7.05 Å². The predicted octanol–water partition coefficient (Wildman–Crippen LogP) is 3.60. The summed E-state index contributed by atoms with van der Waals surface area (Å²) >= 11 is 0. The number of benzene rings is 1. The zero-order valence-corrected chi connectivity index (χ0v) is 14.3. The van der Waals surface area contributed by atoms with Crippen LogP contribution < -0.4 is 5.32 Å². The molecule has 130 valence electrons. The molecule has 0 aliphatic heterocycles. The van der Waals surface area contributed by atoms with Crippen molar-refractivity contribution in [3.05, 3.63) is 65.5 Å². The van der Waals surface area contributed by atoms with E-state index in [4.69, 9.17) is 0 Å². The van der Waals surface area contributed by atoms with Gasteiger partial charge in [-0.3, -0.25) is 4.79 Å². The summed E-state index contributed by atoms with van der Waals surface area (Å²) in [5.74, 6) is -1.52. The molecule has 0 spiro atoms. The van der Waals surface area contributed by atoms with Crippen LogP contribution in [0.2, 0.25) is 0 Å². The van der Waals surface area contributed by atoms with Crippen molar-refractivity contribution in [1.29, 1.82) is 0 Å². The highest BCUT2D eigenvalue weighted by molar-refractivity contribution is 5.97. The Hall–Kier alpha value is -2.76. The van der Waals surface area contributed by atoms with Gasteiger partial charge in [0.1, 0.15) is 17.3 Å². The average Bonchev–Trinajstić information content (AvgIpc) is 2.90. The third kappa shape index (κ3) is 3.68. The van der Waals surface area contributed by atoms with Crippen molar-refractivity contribution in [1.82, 2.24) is 14.9 Å². The van der Waals surface area contributed by atoms with Gasteiger partial charge in [0.25, 0.3) is 5.91 Å². The molecular formula is C19H19F2N3O. The maximum atomic E-state index is 13.9. The summed E-state index contributed by atoms with van der Waals surface area (Å²) < 4.78 is 28.7. The summed E-state index contributed by atoms with van der Waals surface area (Å²) in [4.78, 5) is 16.8. The topological polar surface area (TPSA) is 46.9 Å². The highest BCUT2D eigenvalue weighted by Gasteiger charge is 2.24. The number of nitrogens with zero attached hydrogens (tertiary/aromatic N) is 2. The molecule has 25 heavy (non-hydrogen) atoms. The lowest BCUT2D eigenvalue weighted by Gasteiger charge is -2.26. The average molecular weight is 343 g/mol. The van der Waals surface area contributed by atoms with E-state index in [0.717, 1.165) is 17.1 Å². The molecule has 0 aliphatic rings. The van der Waals surface area contributed by atoms with Gasteiger partial charge in [-0.1, -0.05) is 6.07 Å². The first-order valence-corrected chi connectivity index (χ1v) is 7.93. The molecule has 6 heteroatoms. The number of aromatic nitrogens is 2. The second kappa shape index (κ2) is 6.27. The maximum absolute atomic E-state index is 13.9. The van der Waals surface area contributed by atoms with Gasteiger partial charge in [0.2, 0.25) is 0 Å². The van der Waals surface area contributed by atoms with Gasteiger partial charge in [-0.05, 0) is 44.0 Å². The van der Waals surface area contributed by atoms with Gasteiger partial charge < -0.3 is 9.88 Å². The summed E-state index contributed by atoms with van der Waals surface area (Å²) in [6, 6.07) is 7.12. The fourth-order valence-electron chi connectivity index (χ4n) is 2.84. The second-order valence-electron chi connectivity index (χ2n) is 6.81. The number of rotatable bonds is 4. The van der Waals surface area contributed by atoms with Crippen molar-refractivity contribution in [3.63, 3.8) is 0 Å². The van der Waals surface area contributed by atoms with Crippen LogP contribution in [0.1, 0.15) is 29.8 Å². The molecule has 4 nitrogen and oxygen atoms in total. The summed E-state index contributed by atoms with van der Waals surface area (Å²) in [7, 11) is 1.88. The van der Waals surface area contributed by atoms with Crippen LogP contribution in [-0.4, -0.2) is 21.0 Å². The first kappa shape index (κ1) is 17.1. The molecule has 3 aromatic rings. The van der Waals surface area contributed by atoms with Gasteiger partial charge in [0.15, 0.2) is 0 Å². The summed E-state index contributed by atoms with van der Waals surface area (Å²) in [6.07, 6.45) is 3.64. The number of halogens is 2. The van der Waals surface area contributed by atoms with Gasteiger partial charge in [-0.2, -0.15) is 0 Å². The van der Waals surface area contributed by atoms with Crippen LogP contribution in [0.5, 0.6) is 0 Å². The molecule has 2 aromatic heterocycles. The number of pyridine rings is 1. The van der Waals surface area contributed by atoms with E-state index >= 15 is 0 Å². The molecule has 0 unspecified atom stereocenters. The molecule has 0 saturated carbocycles. The van der Waals surface area contributed by atoms with Gasteiger partial charge in [-0.25, -0.2) is 13.8 Å². The number of hydrogen-bond acceptors (Lipinski definition) is 2. The highest BCUT2D eigenvalue weighted by Crippen LogP contribution is 2.19. The number of carbonyl (C=O) groups is 1. The van der Waals surface area contributed by atoms with Gasteiger partial charge >= 0.3 is 0 Å². The second-order valence-corrected chi connectivity index (χ2v) is 6.81. The fourth-order valence-corrected chi connectivity index (χ4v) is 2.84. The van der Waals surface area contributed by atoms with E-state index in [1.54, 1.807) is 19.9 Å². The minimum Gasteiger partial charge on any atom is -0.347 e. The number of hydrogen-bond donors (Lipinski definition) is 1. The highest BCUT2D eigenvalue weighted by atomic mass is 19.1. The molecule has 1 N–H and O–H groups in total. The van der Waals surface area contributed by atoms with Crippen molar-refractivity contribution < 1.29 is 13.6 Å². The molecule has 3 rings (SSSR count). The predicted molar refractivity (Wildman–Crippen MR) is 92.3 cm³/mol. The molecule has 1 aromatic carbocycles.